The standard InChI is InChI=1S/C18H33NS/c1-3-5-7-9-14-19(15-10-8-6-4-2)16-13-18-12-11-17-20-18/h11-12,17H,3-10,13-16H2,1-2H3. The molecule has 0 bridgehead atoms. The van der Waals surface area contributed by atoms with Gasteiger partial charge in [0.1, 0.15) is 0 Å². The van der Waals surface area contributed by atoms with Gasteiger partial charge in [-0.1, -0.05) is 58.4 Å². The van der Waals surface area contributed by atoms with E-state index >= 15 is 0 Å². The maximum Gasteiger partial charge on any atom is 0.00579 e. The van der Waals surface area contributed by atoms with Crippen LogP contribution in [-0.2, 0) is 6.42 Å². The zero-order chi connectivity index (χ0) is 14.5. The number of hydrogen-bond donors (Lipinski definition) is 0. The molecule has 0 radical (unpaired) electrons. The van der Waals surface area contributed by atoms with Gasteiger partial charge in [-0.15, -0.1) is 11.3 Å². The first kappa shape index (κ1) is 17.7. The second kappa shape index (κ2) is 12.4. The van der Waals surface area contributed by atoms with Crippen molar-refractivity contribution < 1.29 is 0 Å². The molecule has 0 saturated carbocycles. The van der Waals surface area contributed by atoms with Crippen LogP contribution in [0.4, 0.5) is 0 Å². The zero-order valence-electron chi connectivity index (χ0n) is 13.6. The van der Waals surface area contributed by atoms with Gasteiger partial charge in [-0.2, -0.15) is 0 Å². The number of unbranched alkanes of at least 4 members (excludes halogenated alkanes) is 6. The van der Waals surface area contributed by atoms with Gasteiger partial charge in [0.05, 0.1) is 0 Å². The SMILES string of the molecule is CCCCCCN(CCCCCC)CCc1cccs1. The fourth-order valence-corrected chi connectivity index (χ4v) is 3.28. The normalized spacial score (nSPS) is 11.3. The predicted molar refractivity (Wildman–Crippen MR) is 92.7 cm³/mol. The van der Waals surface area contributed by atoms with E-state index in [0.717, 1.165) is 0 Å². The minimum Gasteiger partial charge on any atom is -0.303 e. The van der Waals surface area contributed by atoms with Crippen LogP contribution in [-0.4, -0.2) is 24.5 Å². The maximum absolute atomic E-state index is 2.70. The summed E-state index contributed by atoms with van der Waals surface area (Å²) in [5.74, 6) is 0. The Morgan fingerprint density at radius 3 is 2.00 bits per heavy atom. The van der Waals surface area contributed by atoms with Crippen molar-refractivity contribution in [1.29, 1.82) is 0 Å². The van der Waals surface area contributed by atoms with Crippen LogP contribution in [0.2, 0.25) is 0 Å². The molecule has 0 fully saturated rings. The summed E-state index contributed by atoms with van der Waals surface area (Å²) in [6.45, 7) is 8.44. The van der Waals surface area contributed by atoms with E-state index in [1.807, 2.05) is 11.3 Å². The molecule has 1 aromatic heterocycles. The fraction of sp³-hybridized carbons (Fsp3) is 0.778. The van der Waals surface area contributed by atoms with Gasteiger partial charge in [-0.05, 0) is 43.8 Å². The summed E-state index contributed by atoms with van der Waals surface area (Å²) >= 11 is 1.90. The Labute approximate surface area is 130 Å². The molecule has 0 atom stereocenters. The molecule has 0 N–H and O–H groups in total. The lowest BCUT2D eigenvalue weighted by Crippen LogP contribution is -2.28. The number of hydrogen-bond acceptors (Lipinski definition) is 2. The molecule has 0 unspecified atom stereocenters. The van der Waals surface area contributed by atoms with Crippen molar-refractivity contribution in [1.82, 2.24) is 4.90 Å². The van der Waals surface area contributed by atoms with Crippen LogP contribution in [0.5, 0.6) is 0 Å². The molecule has 1 heterocycles. The van der Waals surface area contributed by atoms with Crippen molar-refractivity contribution in [3.05, 3.63) is 22.4 Å². The molecule has 0 saturated heterocycles. The third kappa shape index (κ3) is 8.76. The average Bonchev–Trinajstić information content (AvgIpc) is 2.97. The molecule has 1 aromatic rings. The smallest absolute Gasteiger partial charge is 0.00579 e. The molecular weight excluding hydrogens is 262 g/mol. The van der Waals surface area contributed by atoms with E-state index in [9.17, 15) is 0 Å². The lowest BCUT2D eigenvalue weighted by molar-refractivity contribution is 0.264. The summed E-state index contributed by atoms with van der Waals surface area (Å²) in [7, 11) is 0. The number of nitrogens with zero attached hydrogens (tertiary/aromatic N) is 1. The van der Waals surface area contributed by atoms with E-state index < -0.39 is 0 Å². The van der Waals surface area contributed by atoms with Crippen LogP contribution in [0, 0.1) is 0 Å². The van der Waals surface area contributed by atoms with Gasteiger partial charge < -0.3 is 4.90 Å². The predicted octanol–water partition coefficient (Wildman–Crippen LogP) is 5.75. The minimum atomic E-state index is 1.24. The second-order valence-electron chi connectivity index (χ2n) is 5.79. The van der Waals surface area contributed by atoms with Gasteiger partial charge in [-0.25, -0.2) is 0 Å². The van der Waals surface area contributed by atoms with Gasteiger partial charge in [-0.3, -0.25) is 0 Å². The van der Waals surface area contributed by atoms with Crippen LogP contribution in [0.3, 0.4) is 0 Å². The highest BCUT2D eigenvalue weighted by Crippen LogP contribution is 2.11. The van der Waals surface area contributed by atoms with Gasteiger partial charge in [0, 0.05) is 11.4 Å². The average molecular weight is 296 g/mol. The Balaban J connectivity index is 2.21. The third-order valence-electron chi connectivity index (χ3n) is 3.91. The second-order valence-corrected chi connectivity index (χ2v) is 6.82. The van der Waals surface area contributed by atoms with E-state index in [1.54, 1.807) is 0 Å². The molecule has 1 nitrogen and oxygen atoms in total. The first-order valence-corrected chi connectivity index (χ1v) is 9.49. The summed E-state index contributed by atoms with van der Waals surface area (Å²) in [5.41, 5.74) is 0. The Hall–Kier alpha value is -0.340. The summed E-state index contributed by atoms with van der Waals surface area (Å²) in [6, 6.07) is 4.45. The summed E-state index contributed by atoms with van der Waals surface area (Å²) in [6.07, 6.45) is 12.3. The van der Waals surface area contributed by atoms with Gasteiger partial charge >= 0.3 is 0 Å². The van der Waals surface area contributed by atoms with E-state index in [0.29, 0.717) is 0 Å². The Kier molecular flexibility index (Phi) is 11.0. The summed E-state index contributed by atoms with van der Waals surface area (Å²) in [4.78, 5) is 4.24. The topological polar surface area (TPSA) is 3.24 Å². The first-order chi connectivity index (χ1) is 9.86. The van der Waals surface area contributed by atoms with Gasteiger partial charge in [0.2, 0.25) is 0 Å². The highest BCUT2D eigenvalue weighted by Gasteiger charge is 2.05. The molecule has 0 aliphatic rings. The van der Waals surface area contributed by atoms with Crippen molar-refractivity contribution in [2.75, 3.05) is 19.6 Å². The van der Waals surface area contributed by atoms with Crippen molar-refractivity contribution in [3.63, 3.8) is 0 Å². The quantitative estimate of drug-likeness (QED) is 0.419. The monoisotopic (exact) mass is 295 g/mol. The molecule has 1 rings (SSSR count). The molecule has 0 aliphatic heterocycles. The van der Waals surface area contributed by atoms with Crippen LogP contribution >= 0.6 is 11.3 Å². The number of rotatable bonds is 13. The van der Waals surface area contributed by atoms with Crippen molar-refractivity contribution >= 4 is 11.3 Å². The van der Waals surface area contributed by atoms with E-state index in [1.165, 1.54) is 82.3 Å². The fourth-order valence-electron chi connectivity index (χ4n) is 2.58. The van der Waals surface area contributed by atoms with Crippen LogP contribution in [0.15, 0.2) is 17.5 Å². The third-order valence-corrected chi connectivity index (χ3v) is 4.85. The summed E-state index contributed by atoms with van der Waals surface area (Å²) in [5, 5.41) is 2.20. The molecule has 0 aromatic carbocycles. The van der Waals surface area contributed by atoms with E-state index in [2.05, 4.69) is 36.3 Å². The lowest BCUT2D eigenvalue weighted by Gasteiger charge is -2.22. The Morgan fingerprint density at radius 2 is 1.50 bits per heavy atom. The van der Waals surface area contributed by atoms with Crippen molar-refractivity contribution in [2.45, 2.75) is 71.6 Å². The van der Waals surface area contributed by atoms with E-state index in [-0.39, 0.29) is 0 Å². The van der Waals surface area contributed by atoms with Gasteiger partial charge in [0.25, 0.3) is 0 Å². The largest absolute Gasteiger partial charge is 0.303 e. The molecule has 0 aliphatic carbocycles. The number of thiophene rings is 1. The lowest BCUT2D eigenvalue weighted by atomic mass is 10.1. The van der Waals surface area contributed by atoms with Crippen LogP contribution in [0.1, 0.15) is 70.1 Å². The van der Waals surface area contributed by atoms with Crippen molar-refractivity contribution in [3.8, 4) is 0 Å². The van der Waals surface area contributed by atoms with E-state index in [4.69, 9.17) is 0 Å². The zero-order valence-corrected chi connectivity index (χ0v) is 14.4. The molecule has 116 valence electrons. The highest BCUT2D eigenvalue weighted by molar-refractivity contribution is 7.09. The highest BCUT2D eigenvalue weighted by atomic mass is 32.1. The Bertz CT molecular complexity index is 282. The molecule has 2 heteroatoms. The minimum absolute atomic E-state index is 1.24. The van der Waals surface area contributed by atoms with Crippen molar-refractivity contribution in [2.24, 2.45) is 0 Å². The van der Waals surface area contributed by atoms with Crippen LogP contribution < -0.4 is 0 Å². The van der Waals surface area contributed by atoms with Crippen LogP contribution in [0.25, 0.3) is 0 Å². The first-order valence-electron chi connectivity index (χ1n) is 8.61. The molecule has 0 spiro atoms. The molecular formula is C18H33NS. The maximum atomic E-state index is 2.70. The summed E-state index contributed by atoms with van der Waals surface area (Å²) < 4.78 is 0. The van der Waals surface area contributed by atoms with Gasteiger partial charge in [0.15, 0.2) is 0 Å². The molecule has 20 heavy (non-hydrogen) atoms. The molecule has 0 amide bonds. The Morgan fingerprint density at radius 1 is 0.850 bits per heavy atom.